The van der Waals surface area contributed by atoms with Crippen LogP contribution in [0.25, 0.3) is 0 Å². The Labute approximate surface area is 282 Å². The maximum Gasteiger partial charge on any atom is 0.698 e. The topological polar surface area (TPSA) is 117 Å². The molecule has 0 fully saturated rings. The fraction of sp³-hybridized carbons (Fsp3) is 0.811. The molecule has 6 nitrogen and oxygen atoms in total. The fourth-order valence-corrected chi connectivity index (χ4v) is 6.60. The Morgan fingerprint density at radius 2 is 1.04 bits per heavy atom. The van der Waals surface area contributed by atoms with E-state index < -0.39 is 14.0 Å². The zero-order valence-electron chi connectivity index (χ0n) is 29.1. The minimum absolute atomic E-state index is 0.260. The summed E-state index contributed by atoms with van der Waals surface area (Å²) in [5, 5.41) is 18.0. The van der Waals surface area contributed by atoms with E-state index in [0.29, 0.717) is 12.0 Å². The summed E-state index contributed by atoms with van der Waals surface area (Å²) in [4.78, 5) is 9.10. The highest BCUT2D eigenvalue weighted by atomic mass is 32.2. The number of rotatable bonds is 30. The molecular weight excluding hydrogens is 599 g/mol. The Morgan fingerprint density at radius 1 is 0.689 bits per heavy atom. The summed E-state index contributed by atoms with van der Waals surface area (Å²) in [5.41, 5.74) is 5.79. The first-order chi connectivity index (χ1) is 21.9. The van der Waals surface area contributed by atoms with Gasteiger partial charge in [-0.2, -0.15) is 0 Å². The number of thioether (sulfide) groups is 1. The van der Waals surface area contributed by atoms with Gasteiger partial charge in [0.25, 0.3) is 0 Å². The number of nitrogens with two attached hydrogens (primary N) is 1. The summed E-state index contributed by atoms with van der Waals surface area (Å²) in [6, 6.07) is 8.88. The molecule has 8 heteroatoms. The molecular formula is C37H70N2O4PS+. The van der Waals surface area contributed by atoms with E-state index in [1.165, 1.54) is 153 Å². The lowest BCUT2D eigenvalue weighted by Gasteiger charge is -2.21. The van der Waals surface area contributed by atoms with Gasteiger partial charge in [0.1, 0.15) is 0 Å². The lowest BCUT2D eigenvalue weighted by Crippen LogP contribution is -2.26. The van der Waals surface area contributed by atoms with Crippen LogP contribution in [0.15, 0.2) is 30.3 Å². The number of amidine groups is 1. The molecule has 0 amide bonds. The molecule has 1 aromatic rings. The lowest BCUT2D eigenvalue weighted by molar-refractivity contribution is -0.153. The van der Waals surface area contributed by atoms with Gasteiger partial charge in [-0.3, -0.25) is 5.41 Å². The van der Waals surface area contributed by atoms with Crippen molar-refractivity contribution in [1.29, 1.82) is 5.41 Å². The summed E-state index contributed by atoms with van der Waals surface area (Å²) >= 11 is 1.47. The molecule has 0 saturated heterocycles. The lowest BCUT2D eigenvalue weighted by atomic mass is 9.98. The van der Waals surface area contributed by atoms with Crippen molar-refractivity contribution in [3.63, 3.8) is 0 Å². The van der Waals surface area contributed by atoms with Gasteiger partial charge < -0.3 is 10.8 Å². The van der Waals surface area contributed by atoms with Crippen molar-refractivity contribution in [2.75, 3.05) is 5.75 Å². The highest BCUT2D eigenvalue weighted by molar-refractivity contribution is 8.13. The minimum Gasteiger partial charge on any atom is -0.379 e. The largest absolute Gasteiger partial charge is 0.698 e. The van der Waals surface area contributed by atoms with E-state index in [0.717, 1.165) is 25.0 Å². The second-order valence-electron chi connectivity index (χ2n) is 12.6. The van der Waals surface area contributed by atoms with Gasteiger partial charge in [-0.05, 0) is 12.8 Å². The SMILES string of the molecule is CCCCCCCCCCCCCCCCCC(O)(O[P+](=O)O)c1ccccc1.CCCCCCCCCCCCSC(=N)N. The van der Waals surface area contributed by atoms with Crippen molar-refractivity contribution in [3.8, 4) is 0 Å². The van der Waals surface area contributed by atoms with Crippen molar-refractivity contribution in [3.05, 3.63) is 35.9 Å². The van der Waals surface area contributed by atoms with Crippen molar-refractivity contribution >= 4 is 25.2 Å². The van der Waals surface area contributed by atoms with E-state index in [4.69, 9.17) is 20.6 Å². The van der Waals surface area contributed by atoms with Gasteiger partial charge in [-0.1, -0.05) is 208 Å². The van der Waals surface area contributed by atoms with E-state index in [-0.39, 0.29) is 5.17 Å². The molecule has 0 aliphatic rings. The number of hydrogen-bond donors (Lipinski definition) is 4. The number of hydrogen-bond acceptors (Lipinski definition) is 5. The quantitative estimate of drug-likeness (QED) is 0.0213. The molecule has 2 atom stereocenters. The third kappa shape index (κ3) is 30.1. The van der Waals surface area contributed by atoms with Gasteiger partial charge in [0.15, 0.2) is 5.17 Å². The molecule has 1 aromatic carbocycles. The van der Waals surface area contributed by atoms with Crippen LogP contribution in [0, 0.1) is 5.41 Å². The summed E-state index contributed by atoms with van der Waals surface area (Å²) in [6.45, 7) is 4.53. The van der Waals surface area contributed by atoms with Crippen LogP contribution in [-0.4, -0.2) is 20.9 Å². The van der Waals surface area contributed by atoms with Gasteiger partial charge >= 0.3 is 8.25 Å². The van der Waals surface area contributed by atoms with Crippen molar-refractivity contribution in [1.82, 2.24) is 0 Å². The Morgan fingerprint density at radius 3 is 1.40 bits per heavy atom. The molecule has 0 radical (unpaired) electrons. The zero-order valence-corrected chi connectivity index (χ0v) is 30.8. The van der Waals surface area contributed by atoms with Gasteiger partial charge in [-0.25, -0.2) is 0 Å². The normalized spacial score (nSPS) is 12.8. The van der Waals surface area contributed by atoms with Crippen molar-refractivity contribution in [2.45, 2.75) is 187 Å². The summed E-state index contributed by atoms with van der Waals surface area (Å²) in [5.74, 6) is -0.661. The molecule has 262 valence electrons. The fourth-order valence-electron chi connectivity index (χ4n) is 5.58. The van der Waals surface area contributed by atoms with E-state index >= 15 is 0 Å². The third-order valence-electron chi connectivity index (χ3n) is 8.33. The molecule has 0 spiro atoms. The molecule has 5 N–H and O–H groups in total. The number of aliphatic hydroxyl groups is 1. The Kier molecular flexibility index (Phi) is 32.2. The van der Waals surface area contributed by atoms with Crippen LogP contribution in [0.2, 0.25) is 0 Å². The summed E-state index contributed by atoms with van der Waals surface area (Å²) in [7, 11) is -2.86. The zero-order chi connectivity index (χ0) is 33.3. The maximum atomic E-state index is 11.1. The van der Waals surface area contributed by atoms with E-state index in [1.54, 1.807) is 24.3 Å². The van der Waals surface area contributed by atoms with Crippen molar-refractivity contribution < 1.29 is 19.1 Å². The predicted molar refractivity (Wildman–Crippen MR) is 197 cm³/mol. The highest BCUT2D eigenvalue weighted by Gasteiger charge is 2.39. The second-order valence-corrected chi connectivity index (χ2v) is 14.4. The molecule has 0 bridgehead atoms. The first-order valence-electron chi connectivity index (χ1n) is 18.5. The first-order valence-corrected chi connectivity index (χ1v) is 20.6. The van der Waals surface area contributed by atoms with Crippen LogP contribution in [0.3, 0.4) is 0 Å². The van der Waals surface area contributed by atoms with Crippen LogP contribution in [0.1, 0.15) is 186 Å². The van der Waals surface area contributed by atoms with Crippen LogP contribution in [-0.2, 0) is 14.9 Å². The molecule has 2 unspecified atom stereocenters. The molecule has 0 aromatic heterocycles. The molecule has 0 saturated carbocycles. The van der Waals surface area contributed by atoms with E-state index in [1.807, 2.05) is 6.07 Å². The predicted octanol–water partition coefficient (Wildman–Crippen LogP) is 12.3. The third-order valence-corrected chi connectivity index (χ3v) is 9.59. The highest BCUT2D eigenvalue weighted by Crippen LogP contribution is 2.36. The summed E-state index contributed by atoms with van der Waals surface area (Å²) in [6.07, 6.45) is 33.1. The first kappa shape index (κ1) is 44.0. The Balaban J connectivity index is 0.00000103. The van der Waals surface area contributed by atoms with Crippen LogP contribution in [0.4, 0.5) is 0 Å². The Hall–Kier alpha value is -0.980. The average Bonchev–Trinajstić information content (AvgIpc) is 3.02. The smallest absolute Gasteiger partial charge is 0.379 e. The summed E-state index contributed by atoms with van der Waals surface area (Å²) < 4.78 is 16.1. The Bertz CT molecular complexity index is 802. The van der Waals surface area contributed by atoms with Gasteiger partial charge in [0.2, 0.25) is 5.79 Å². The van der Waals surface area contributed by atoms with Crippen LogP contribution in [0.5, 0.6) is 0 Å². The molecule has 0 heterocycles. The molecule has 1 rings (SSSR count). The van der Waals surface area contributed by atoms with E-state index in [2.05, 4.69) is 13.8 Å². The monoisotopic (exact) mass is 669 g/mol. The number of unbranched alkanes of at least 4 members (excludes halogenated alkanes) is 23. The van der Waals surface area contributed by atoms with Crippen LogP contribution < -0.4 is 5.73 Å². The van der Waals surface area contributed by atoms with E-state index in [9.17, 15) is 9.67 Å². The number of benzene rings is 1. The molecule has 0 aliphatic carbocycles. The maximum absolute atomic E-state index is 11.1. The standard InChI is InChI=1S/C24H41O4P.C13H28N2S/c1-2-3-4-5-6-7-8-9-10-11-12-13-14-15-19-22-24(25,28-29(26)27)23-20-17-16-18-21-23;1-2-3-4-5-6-7-8-9-10-11-12-16-13(14)15/h16-18,20-21,25H,2-15,19,22H2,1H3;2-12H2,1H3,(H3,14,15)/p+1. The second kappa shape index (κ2) is 32.9. The number of nitrogens with one attached hydrogen (secondary N) is 1. The molecule has 0 aliphatic heterocycles. The van der Waals surface area contributed by atoms with Crippen LogP contribution >= 0.6 is 20.0 Å². The van der Waals surface area contributed by atoms with Crippen molar-refractivity contribution in [2.24, 2.45) is 5.73 Å². The van der Waals surface area contributed by atoms with Gasteiger partial charge in [-0.15, -0.1) is 4.89 Å². The average molecular weight is 670 g/mol. The minimum atomic E-state index is -2.86. The van der Waals surface area contributed by atoms with Gasteiger partial charge in [0, 0.05) is 22.3 Å². The van der Waals surface area contributed by atoms with Gasteiger partial charge in [0.05, 0.1) is 0 Å². The molecule has 45 heavy (non-hydrogen) atoms.